The van der Waals surface area contributed by atoms with E-state index in [-0.39, 0.29) is 0 Å². The van der Waals surface area contributed by atoms with E-state index in [4.69, 9.17) is 14.2 Å². The molecule has 0 aliphatic rings. The Balaban J connectivity index is 2.33. The van der Waals surface area contributed by atoms with E-state index in [0.29, 0.717) is 17.1 Å². The summed E-state index contributed by atoms with van der Waals surface area (Å²) in [5.74, 6) is 2.04. The lowest BCUT2D eigenvalue weighted by Crippen LogP contribution is -2.01. The molecule has 0 spiro atoms. The summed E-state index contributed by atoms with van der Waals surface area (Å²) in [4.78, 5) is 0. The first-order valence-electron chi connectivity index (χ1n) is 6.23. The van der Waals surface area contributed by atoms with Crippen molar-refractivity contribution in [2.24, 2.45) is 0 Å². The van der Waals surface area contributed by atoms with E-state index in [9.17, 15) is 5.11 Å². The number of aliphatic hydroxyl groups excluding tert-OH is 1. The molecule has 0 unspecified atom stereocenters. The average molecular weight is 274 g/mol. The lowest BCUT2D eigenvalue weighted by molar-refractivity contribution is 0.219. The molecule has 1 atom stereocenters. The molecule has 4 nitrogen and oxygen atoms in total. The van der Waals surface area contributed by atoms with E-state index in [2.05, 4.69) is 0 Å². The lowest BCUT2D eigenvalue weighted by Gasteiger charge is -2.14. The summed E-state index contributed by atoms with van der Waals surface area (Å²) in [7, 11) is 4.77. The monoisotopic (exact) mass is 274 g/mol. The molecular weight excluding hydrogens is 256 g/mol. The van der Waals surface area contributed by atoms with Gasteiger partial charge in [-0.05, 0) is 35.4 Å². The summed E-state index contributed by atoms with van der Waals surface area (Å²) in [6.45, 7) is 0. The number of rotatable bonds is 5. The zero-order chi connectivity index (χ0) is 14.5. The van der Waals surface area contributed by atoms with Crippen LogP contribution in [0.2, 0.25) is 0 Å². The van der Waals surface area contributed by atoms with Gasteiger partial charge in [-0.15, -0.1) is 0 Å². The Bertz CT molecular complexity index is 541. The maximum absolute atomic E-state index is 10.4. The predicted octanol–water partition coefficient (Wildman–Crippen LogP) is 2.79. The molecule has 0 aliphatic heterocycles. The Hall–Kier alpha value is -2.20. The van der Waals surface area contributed by atoms with Crippen LogP contribution in [-0.4, -0.2) is 26.4 Å². The minimum Gasteiger partial charge on any atom is -0.497 e. The molecule has 0 bridgehead atoms. The van der Waals surface area contributed by atoms with Crippen LogP contribution in [-0.2, 0) is 0 Å². The largest absolute Gasteiger partial charge is 0.497 e. The van der Waals surface area contributed by atoms with Gasteiger partial charge in [0.05, 0.1) is 21.3 Å². The molecule has 106 valence electrons. The zero-order valence-electron chi connectivity index (χ0n) is 11.8. The fraction of sp³-hybridized carbons (Fsp3) is 0.250. The summed E-state index contributed by atoms with van der Waals surface area (Å²) < 4.78 is 15.5. The molecule has 0 saturated heterocycles. The lowest BCUT2D eigenvalue weighted by atomic mass is 10.0. The van der Waals surface area contributed by atoms with Crippen molar-refractivity contribution in [2.75, 3.05) is 21.3 Å². The standard InChI is InChI=1S/C16H18O4/c1-18-13-6-4-11(5-7-13)16(17)12-8-14(19-2)10-15(9-12)20-3/h4-10,16-17H,1-3H3/t16-/m1/s1. The Morgan fingerprint density at radius 2 is 1.20 bits per heavy atom. The molecule has 0 aliphatic carbocycles. The van der Waals surface area contributed by atoms with Gasteiger partial charge in [0, 0.05) is 6.07 Å². The Kier molecular flexibility index (Phi) is 4.48. The maximum Gasteiger partial charge on any atom is 0.122 e. The molecule has 0 fully saturated rings. The second-order valence-electron chi connectivity index (χ2n) is 4.32. The highest BCUT2D eigenvalue weighted by atomic mass is 16.5. The number of benzene rings is 2. The van der Waals surface area contributed by atoms with Gasteiger partial charge >= 0.3 is 0 Å². The highest BCUT2D eigenvalue weighted by Crippen LogP contribution is 2.30. The summed E-state index contributed by atoms with van der Waals surface area (Å²) >= 11 is 0. The van der Waals surface area contributed by atoms with Crippen molar-refractivity contribution in [3.05, 3.63) is 53.6 Å². The molecule has 0 saturated carbocycles. The first-order chi connectivity index (χ1) is 9.67. The van der Waals surface area contributed by atoms with Crippen LogP contribution < -0.4 is 14.2 Å². The van der Waals surface area contributed by atoms with Crippen LogP contribution in [0.1, 0.15) is 17.2 Å². The van der Waals surface area contributed by atoms with Crippen molar-refractivity contribution >= 4 is 0 Å². The second kappa shape index (κ2) is 6.30. The first-order valence-corrected chi connectivity index (χ1v) is 6.23. The second-order valence-corrected chi connectivity index (χ2v) is 4.32. The molecule has 2 aromatic rings. The number of methoxy groups -OCH3 is 3. The van der Waals surface area contributed by atoms with Gasteiger partial charge in [0.1, 0.15) is 23.4 Å². The minimum absolute atomic E-state index is 0.645. The highest BCUT2D eigenvalue weighted by molar-refractivity contribution is 5.42. The van der Waals surface area contributed by atoms with E-state index in [1.807, 2.05) is 24.3 Å². The van der Waals surface area contributed by atoms with Gasteiger partial charge in [0.2, 0.25) is 0 Å². The highest BCUT2D eigenvalue weighted by Gasteiger charge is 2.13. The van der Waals surface area contributed by atoms with Gasteiger partial charge in [0.15, 0.2) is 0 Å². The third kappa shape index (κ3) is 3.03. The SMILES string of the molecule is COc1ccc([C@@H](O)c2cc(OC)cc(OC)c2)cc1. The summed E-state index contributed by atoms with van der Waals surface area (Å²) in [5, 5.41) is 10.4. The predicted molar refractivity (Wildman–Crippen MR) is 76.6 cm³/mol. The van der Waals surface area contributed by atoms with Crippen molar-refractivity contribution in [3.63, 3.8) is 0 Å². The van der Waals surface area contributed by atoms with Gasteiger partial charge in [-0.3, -0.25) is 0 Å². The van der Waals surface area contributed by atoms with Crippen molar-refractivity contribution in [1.29, 1.82) is 0 Å². The Morgan fingerprint density at radius 3 is 1.65 bits per heavy atom. The zero-order valence-corrected chi connectivity index (χ0v) is 11.8. The van der Waals surface area contributed by atoms with E-state index in [1.54, 1.807) is 39.5 Å². The Morgan fingerprint density at radius 1 is 0.700 bits per heavy atom. The van der Waals surface area contributed by atoms with E-state index >= 15 is 0 Å². The number of hydrogen-bond acceptors (Lipinski definition) is 4. The molecule has 0 amide bonds. The number of aliphatic hydroxyl groups is 1. The van der Waals surface area contributed by atoms with Crippen molar-refractivity contribution in [3.8, 4) is 17.2 Å². The van der Waals surface area contributed by atoms with Gasteiger partial charge in [-0.25, -0.2) is 0 Å². The molecule has 2 rings (SSSR count). The average Bonchev–Trinajstić information content (AvgIpc) is 2.53. The molecule has 1 N–H and O–H groups in total. The third-order valence-corrected chi connectivity index (χ3v) is 3.12. The quantitative estimate of drug-likeness (QED) is 0.910. The third-order valence-electron chi connectivity index (χ3n) is 3.12. The normalized spacial score (nSPS) is 11.8. The molecule has 20 heavy (non-hydrogen) atoms. The molecule has 0 heterocycles. The van der Waals surface area contributed by atoms with E-state index < -0.39 is 6.10 Å². The van der Waals surface area contributed by atoms with Crippen LogP contribution in [0.15, 0.2) is 42.5 Å². The van der Waals surface area contributed by atoms with E-state index in [0.717, 1.165) is 11.3 Å². The van der Waals surface area contributed by atoms with Crippen molar-refractivity contribution < 1.29 is 19.3 Å². The molecule has 0 aromatic heterocycles. The van der Waals surface area contributed by atoms with Crippen LogP contribution in [0.3, 0.4) is 0 Å². The minimum atomic E-state index is -0.745. The molecule has 0 radical (unpaired) electrons. The smallest absolute Gasteiger partial charge is 0.122 e. The molecule has 4 heteroatoms. The first kappa shape index (κ1) is 14.2. The van der Waals surface area contributed by atoms with Gasteiger partial charge < -0.3 is 19.3 Å². The summed E-state index contributed by atoms with van der Waals surface area (Å²) in [6, 6.07) is 12.6. The van der Waals surface area contributed by atoms with Gasteiger partial charge in [-0.2, -0.15) is 0 Å². The maximum atomic E-state index is 10.4. The summed E-state index contributed by atoms with van der Waals surface area (Å²) in [6.07, 6.45) is -0.745. The van der Waals surface area contributed by atoms with Crippen LogP contribution in [0, 0.1) is 0 Å². The number of hydrogen-bond donors (Lipinski definition) is 1. The van der Waals surface area contributed by atoms with Crippen LogP contribution in [0.4, 0.5) is 0 Å². The molecular formula is C16H18O4. The van der Waals surface area contributed by atoms with Crippen LogP contribution in [0.5, 0.6) is 17.2 Å². The fourth-order valence-electron chi connectivity index (χ4n) is 1.97. The van der Waals surface area contributed by atoms with Gasteiger partial charge in [-0.1, -0.05) is 12.1 Å². The molecule has 2 aromatic carbocycles. The van der Waals surface area contributed by atoms with Crippen molar-refractivity contribution in [2.45, 2.75) is 6.10 Å². The van der Waals surface area contributed by atoms with Crippen molar-refractivity contribution in [1.82, 2.24) is 0 Å². The van der Waals surface area contributed by atoms with Crippen LogP contribution >= 0.6 is 0 Å². The summed E-state index contributed by atoms with van der Waals surface area (Å²) in [5.41, 5.74) is 1.49. The number of ether oxygens (including phenoxy) is 3. The Labute approximate surface area is 118 Å². The topological polar surface area (TPSA) is 47.9 Å². The van der Waals surface area contributed by atoms with E-state index in [1.165, 1.54) is 0 Å². The fourth-order valence-corrected chi connectivity index (χ4v) is 1.97. The van der Waals surface area contributed by atoms with Gasteiger partial charge in [0.25, 0.3) is 0 Å². The van der Waals surface area contributed by atoms with Crippen LogP contribution in [0.25, 0.3) is 0 Å².